The molecule has 0 heterocycles. The van der Waals surface area contributed by atoms with Crippen molar-refractivity contribution < 1.29 is 23.1 Å². The normalized spacial score (nSPS) is 12.2. The summed E-state index contributed by atoms with van der Waals surface area (Å²) in [5, 5.41) is 13.4. The molecule has 1 unspecified atom stereocenters. The summed E-state index contributed by atoms with van der Waals surface area (Å²) in [6.07, 6.45) is 0.968. The van der Waals surface area contributed by atoms with E-state index in [0.29, 0.717) is 12.8 Å². The number of amides is 2. The molecule has 0 bridgehead atoms. The minimum absolute atomic E-state index is 0.0405. The van der Waals surface area contributed by atoms with Gasteiger partial charge >= 0.3 is 0 Å². The molecule has 0 aliphatic rings. The molecule has 2 aromatic carbocycles. The van der Waals surface area contributed by atoms with Crippen LogP contribution in [-0.2, 0) is 19.4 Å². The Bertz CT molecular complexity index is 992. The number of benzene rings is 2. The minimum atomic E-state index is -3.92. The van der Waals surface area contributed by atoms with E-state index in [-0.39, 0.29) is 33.5 Å². The summed E-state index contributed by atoms with van der Waals surface area (Å²) in [7, 11) is -3.92. The lowest BCUT2D eigenvalue weighted by Gasteiger charge is -2.18. The zero-order valence-corrected chi connectivity index (χ0v) is 17.0. The molecule has 0 fully saturated rings. The molecule has 28 heavy (non-hydrogen) atoms. The first-order valence-corrected chi connectivity index (χ1v) is 10.5. The van der Waals surface area contributed by atoms with Gasteiger partial charge in [0, 0.05) is 6.07 Å². The Morgan fingerprint density at radius 3 is 2.57 bits per heavy atom. The SMILES string of the molecule is CCCC(C(=O)Nc1cc(O)c(NC=O)cc1Cl)S(=O)(=O)c1cccc(C)c1. The van der Waals surface area contributed by atoms with Crippen molar-refractivity contribution in [2.75, 3.05) is 10.6 Å². The summed E-state index contributed by atoms with van der Waals surface area (Å²) in [5.74, 6) is -1.07. The van der Waals surface area contributed by atoms with Gasteiger partial charge in [-0.15, -0.1) is 0 Å². The molecule has 9 heteroatoms. The number of nitrogens with one attached hydrogen (secondary N) is 2. The van der Waals surface area contributed by atoms with Crippen LogP contribution in [0, 0.1) is 6.92 Å². The van der Waals surface area contributed by atoms with Gasteiger partial charge in [0.25, 0.3) is 0 Å². The fourth-order valence-corrected chi connectivity index (χ4v) is 4.74. The third kappa shape index (κ3) is 4.82. The summed E-state index contributed by atoms with van der Waals surface area (Å²) in [4.78, 5) is 23.4. The maximum Gasteiger partial charge on any atom is 0.243 e. The number of sulfone groups is 1. The molecule has 0 aromatic heterocycles. The second-order valence-electron chi connectivity index (χ2n) is 6.24. The van der Waals surface area contributed by atoms with Gasteiger partial charge in [0.15, 0.2) is 9.84 Å². The van der Waals surface area contributed by atoms with Crippen LogP contribution in [0.4, 0.5) is 11.4 Å². The molecule has 2 aromatic rings. The van der Waals surface area contributed by atoms with Crippen molar-refractivity contribution in [3.05, 3.63) is 47.0 Å². The van der Waals surface area contributed by atoms with Gasteiger partial charge < -0.3 is 15.7 Å². The van der Waals surface area contributed by atoms with Crippen molar-refractivity contribution in [3.63, 3.8) is 0 Å². The highest BCUT2D eigenvalue weighted by atomic mass is 35.5. The van der Waals surface area contributed by atoms with Crippen LogP contribution in [0.3, 0.4) is 0 Å². The largest absolute Gasteiger partial charge is 0.506 e. The van der Waals surface area contributed by atoms with Crippen molar-refractivity contribution in [1.29, 1.82) is 0 Å². The fraction of sp³-hybridized carbons (Fsp3) is 0.263. The molecular weight excluding hydrogens is 404 g/mol. The van der Waals surface area contributed by atoms with Crippen LogP contribution in [-0.4, -0.2) is 31.1 Å². The second kappa shape index (κ2) is 9.07. The molecule has 0 aliphatic heterocycles. The third-order valence-corrected chi connectivity index (χ3v) is 6.52. The molecule has 2 amide bonds. The molecule has 0 spiro atoms. The number of aryl methyl sites for hydroxylation is 1. The van der Waals surface area contributed by atoms with Crippen LogP contribution in [0.2, 0.25) is 5.02 Å². The van der Waals surface area contributed by atoms with Gasteiger partial charge in [-0.05, 0) is 37.1 Å². The van der Waals surface area contributed by atoms with Gasteiger partial charge in [-0.2, -0.15) is 0 Å². The lowest BCUT2D eigenvalue weighted by atomic mass is 10.2. The Morgan fingerprint density at radius 1 is 1.25 bits per heavy atom. The molecule has 0 aliphatic carbocycles. The Balaban J connectivity index is 2.36. The number of carbonyl (C=O) groups is 2. The predicted molar refractivity (Wildman–Crippen MR) is 108 cm³/mol. The molecule has 150 valence electrons. The zero-order chi connectivity index (χ0) is 20.9. The number of hydrogen-bond donors (Lipinski definition) is 3. The topological polar surface area (TPSA) is 113 Å². The standard InChI is InChI=1S/C19H21ClN2O5S/c1-3-5-18(28(26,27)13-7-4-6-12(2)8-13)19(25)22-15-10-17(24)16(21-11-23)9-14(15)20/h4,6-11,18,24H,3,5H2,1-2H3,(H,21,23)(H,22,25). The van der Waals surface area contributed by atoms with Crippen LogP contribution in [0.5, 0.6) is 5.75 Å². The van der Waals surface area contributed by atoms with Gasteiger partial charge in [-0.1, -0.05) is 37.1 Å². The van der Waals surface area contributed by atoms with E-state index in [9.17, 15) is 23.1 Å². The Labute approximate surface area is 168 Å². The number of hydrogen-bond acceptors (Lipinski definition) is 5. The van der Waals surface area contributed by atoms with Crippen LogP contribution in [0.1, 0.15) is 25.3 Å². The summed E-state index contributed by atoms with van der Waals surface area (Å²) in [6.45, 7) is 3.55. The van der Waals surface area contributed by atoms with Crippen molar-refractivity contribution in [1.82, 2.24) is 0 Å². The number of phenolic OH excluding ortho intramolecular Hbond substituents is 1. The van der Waals surface area contributed by atoms with Gasteiger partial charge in [0.2, 0.25) is 12.3 Å². The number of phenols is 1. The number of carbonyl (C=O) groups excluding carboxylic acids is 2. The average Bonchev–Trinajstić information content (AvgIpc) is 2.63. The number of halogens is 1. The van der Waals surface area contributed by atoms with Crippen LogP contribution in [0.25, 0.3) is 0 Å². The zero-order valence-electron chi connectivity index (χ0n) is 15.4. The number of rotatable bonds is 8. The van der Waals surface area contributed by atoms with E-state index in [1.54, 1.807) is 26.0 Å². The monoisotopic (exact) mass is 424 g/mol. The van der Waals surface area contributed by atoms with E-state index < -0.39 is 21.0 Å². The summed E-state index contributed by atoms with van der Waals surface area (Å²) < 4.78 is 26.0. The molecule has 7 nitrogen and oxygen atoms in total. The quantitative estimate of drug-likeness (QED) is 0.443. The van der Waals surface area contributed by atoms with Crippen molar-refractivity contribution in [3.8, 4) is 5.75 Å². The van der Waals surface area contributed by atoms with Gasteiger partial charge in [-0.25, -0.2) is 8.42 Å². The first-order chi connectivity index (χ1) is 13.2. The highest BCUT2D eigenvalue weighted by molar-refractivity contribution is 7.92. The number of anilines is 2. The van der Waals surface area contributed by atoms with E-state index in [1.165, 1.54) is 18.2 Å². The lowest BCUT2D eigenvalue weighted by molar-refractivity contribution is -0.116. The smallest absolute Gasteiger partial charge is 0.243 e. The Kier molecular flexibility index (Phi) is 7.04. The third-order valence-electron chi connectivity index (χ3n) is 4.09. The first kappa shape index (κ1) is 21.7. The van der Waals surface area contributed by atoms with Crippen molar-refractivity contribution >= 4 is 45.1 Å². The molecule has 3 N–H and O–H groups in total. The van der Waals surface area contributed by atoms with Gasteiger partial charge in [0.1, 0.15) is 11.0 Å². The van der Waals surface area contributed by atoms with E-state index in [1.807, 2.05) is 0 Å². The number of aromatic hydroxyl groups is 1. The van der Waals surface area contributed by atoms with Crippen LogP contribution >= 0.6 is 11.6 Å². The van der Waals surface area contributed by atoms with Crippen molar-refractivity contribution in [2.45, 2.75) is 36.8 Å². The molecule has 2 rings (SSSR count). The van der Waals surface area contributed by atoms with Gasteiger partial charge in [0.05, 0.1) is 21.3 Å². The Morgan fingerprint density at radius 2 is 1.96 bits per heavy atom. The minimum Gasteiger partial charge on any atom is -0.506 e. The van der Waals surface area contributed by atoms with Crippen molar-refractivity contribution in [2.24, 2.45) is 0 Å². The molecule has 0 radical (unpaired) electrons. The molecular formula is C19H21ClN2O5S. The maximum atomic E-state index is 13.0. The lowest BCUT2D eigenvalue weighted by Crippen LogP contribution is -2.35. The average molecular weight is 425 g/mol. The molecule has 0 saturated carbocycles. The molecule has 1 atom stereocenters. The second-order valence-corrected chi connectivity index (χ2v) is 8.78. The Hall–Kier alpha value is -2.58. The van der Waals surface area contributed by atoms with E-state index >= 15 is 0 Å². The van der Waals surface area contributed by atoms with Gasteiger partial charge in [-0.3, -0.25) is 9.59 Å². The predicted octanol–water partition coefficient (Wildman–Crippen LogP) is 3.50. The van der Waals surface area contributed by atoms with E-state index in [0.717, 1.165) is 11.6 Å². The maximum absolute atomic E-state index is 13.0. The van der Waals surface area contributed by atoms with E-state index in [2.05, 4.69) is 10.6 Å². The summed E-state index contributed by atoms with van der Waals surface area (Å²) in [6, 6.07) is 8.77. The summed E-state index contributed by atoms with van der Waals surface area (Å²) >= 11 is 6.08. The van der Waals surface area contributed by atoms with Crippen LogP contribution < -0.4 is 10.6 Å². The highest BCUT2D eigenvalue weighted by Crippen LogP contribution is 2.34. The fourth-order valence-electron chi connectivity index (χ4n) is 2.70. The highest BCUT2D eigenvalue weighted by Gasteiger charge is 2.33. The molecule has 0 saturated heterocycles. The van der Waals surface area contributed by atoms with E-state index in [4.69, 9.17) is 11.6 Å². The van der Waals surface area contributed by atoms with Crippen LogP contribution in [0.15, 0.2) is 41.3 Å². The first-order valence-electron chi connectivity index (χ1n) is 8.54. The summed E-state index contributed by atoms with van der Waals surface area (Å²) in [5.41, 5.74) is 0.875.